The van der Waals surface area contributed by atoms with Crippen molar-refractivity contribution in [2.24, 2.45) is 0 Å². The molecule has 4 rings (SSSR count). The Hall–Kier alpha value is -3.27. The number of pyridine rings is 1. The second-order valence-corrected chi connectivity index (χ2v) is 8.88. The summed E-state index contributed by atoms with van der Waals surface area (Å²) in [5.74, 6) is 0.275. The van der Waals surface area contributed by atoms with E-state index < -0.39 is 0 Å². The Kier molecular flexibility index (Phi) is 7.89. The Bertz CT molecular complexity index is 1170. The molecule has 1 aromatic heterocycles. The second kappa shape index (κ2) is 11.2. The largest absolute Gasteiger partial charge is 0.357 e. The minimum atomic E-state index is -0.351. The first kappa shape index (κ1) is 23.9. The first-order chi connectivity index (χ1) is 16.5. The maximum Gasteiger partial charge on any atom is 0.258 e. The molecule has 0 radical (unpaired) electrons. The summed E-state index contributed by atoms with van der Waals surface area (Å²) in [4.78, 5) is 32.1. The number of piperidine rings is 1. The molecule has 8 heteroatoms. The Morgan fingerprint density at radius 2 is 1.59 bits per heavy atom. The minimum absolute atomic E-state index is 0.319. The number of nitrogens with zero attached hydrogens (tertiary/aromatic N) is 2. The van der Waals surface area contributed by atoms with Crippen molar-refractivity contribution in [3.8, 4) is 0 Å². The number of nitrogens with one attached hydrogen (secondary N) is 3. The fourth-order valence-corrected chi connectivity index (χ4v) is 4.28. The fourth-order valence-electron chi connectivity index (χ4n) is 3.83. The van der Waals surface area contributed by atoms with Crippen molar-refractivity contribution < 1.29 is 9.59 Å². The minimum Gasteiger partial charge on any atom is -0.357 e. The molecule has 0 unspecified atom stereocenters. The average molecular weight is 567 g/mol. The van der Waals surface area contributed by atoms with Gasteiger partial charge in [-0.05, 0) is 55.2 Å². The molecule has 2 heterocycles. The van der Waals surface area contributed by atoms with Crippen molar-refractivity contribution in [2.75, 3.05) is 23.7 Å². The van der Waals surface area contributed by atoms with Crippen LogP contribution in [-0.2, 0) is 4.43 Å². The number of rotatable bonds is 6. The summed E-state index contributed by atoms with van der Waals surface area (Å²) in [6.45, 7) is 1.80. The smallest absolute Gasteiger partial charge is 0.258 e. The Balaban J connectivity index is 1.43. The molecule has 7 nitrogen and oxygen atoms in total. The third-order valence-electron chi connectivity index (χ3n) is 5.73. The van der Waals surface area contributed by atoms with Crippen molar-refractivity contribution >= 4 is 51.7 Å². The first-order valence-corrected chi connectivity index (χ1v) is 12.7. The van der Waals surface area contributed by atoms with Gasteiger partial charge in [-0.15, -0.1) is 0 Å². The van der Waals surface area contributed by atoms with Gasteiger partial charge in [0.15, 0.2) is 0 Å². The van der Waals surface area contributed by atoms with E-state index in [4.69, 9.17) is 5.41 Å². The van der Waals surface area contributed by atoms with Gasteiger partial charge in [0.2, 0.25) is 0 Å². The monoisotopic (exact) mass is 567 g/mol. The number of carbonyl (C=O) groups is 2. The normalized spacial score (nSPS) is 13.3. The van der Waals surface area contributed by atoms with Crippen LogP contribution in [0.4, 0.5) is 11.5 Å². The number of hydrogen-bond acceptors (Lipinski definition) is 4. The third-order valence-corrected chi connectivity index (χ3v) is 6.61. The van der Waals surface area contributed by atoms with E-state index in [1.165, 1.54) is 6.42 Å². The molecule has 2 amide bonds. The highest BCUT2D eigenvalue weighted by Crippen LogP contribution is 2.19. The molecule has 34 heavy (non-hydrogen) atoms. The summed E-state index contributed by atoms with van der Waals surface area (Å²) in [6.07, 6.45) is 5.15. The number of alkyl halides is 1. The summed E-state index contributed by atoms with van der Waals surface area (Å²) in [5.41, 5.74) is 3.09. The molecule has 1 saturated heterocycles. The Labute approximate surface area is 212 Å². The SMILES string of the molecule is N=C(c1ccc(C(=O)Nc2ccccc2C(=O)Nc2ccc(CI)cn2)cc1)N1CCCCC1. The molecule has 2 aromatic carbocycles. The zero-order chi connectivity index (χ0) is 23.9. The maximum atomic E-state index is 12.9. The highest BCUT2D eigenvalue weighted by Gasteiger charge is 2.17. The number of para-hydroxylation sites is 1. The Morgan fingerprint density at radius 1 is 0.882 bits per heavy atom. The lowest BCUT2D eigenvalue weighted by Gasteiger charge is -2.29. The molecule has 0 atom stereocenters. The van der Waals surface area contributed by atoms with Crippen molar-refractivity contribution in [1.82, 2.24) is 9.88 Å². The molecule has 0 spiro atoms. The van der Waals surface area contributed by atoms with Gasteiger partial charge in [0.05, 0.1) is 11.3 Å². The molecular weight excluding hydrogens is 541 g/mol. The summed E-state index contributed by atoms with van der Waals surface area (Å²) < 4.78 is 0.841. The van der Waals surface area contributed by atoms with Gasteiger partial charge in [0.25, 0.3) is 11.8 Å². The highest BCUT2D eigenvalue weighted by molar-refractivity contribution is 14.1. The van der Waals surface area contributed by atoms with E-state index in [2.05, 4.69) is 43.1 Å². The van der Waals surface area contributed by atoms with E-state index in [-0.39, 0.29) is 11.8 Å². The molecule has 1 aliphatic heterocycles. The molecular formula is C26H26IN5O2. The lowest BCUT2D eigenvalue weighted by Crippen LogP contribution is -2.35. The molecule has 3 N–H and O–H groups in total. The second-order valence-electron chi connectivity index (χ2n) is 8.11. The number of amides is 2. The van der Waals surface area contributed by atoms with E-state index in [1.807, 2.05) is 6.07 Å². The van der Waals surface area contributed by atoms with Gasteiger partial charge in [-0.3, -0.25) is 15.0 Å². The van der Waals surface area contributed by atoms with Crippen molar-refractivity contribution in [1.29, 1.82) is 5.41 Å². The van der Waals surface area contributed by atoms with E-state index >= 15 is 0 Å². The van der Waals surface area contributed by atoms with Gasteiger partial charge < -0.3 is 15.5 Å². The van der Waals surface area contributed by atoms with Gasteiger partial charge in [-0.2, -0.15) is 0 Å². The van der Waals surface area contributed by atoms with Crippen molar-refractivity contribution in [3.63, 3.8) is 0 Å². The standard InChI is InChI=1S/C26H26IN5O2/c27-16-18-8-13-23(29-17-18)31-26(34)21-6-2-3-7-22(21)30-25(33)20-11-9-19(10-12-20)24(28)32-14-4-1-5-15-32/h2-3,6-13,17,28H,1,4-5,14-16H2,(H,30,33)(H,29,31,34). The van der Waals surface area contributed by atoms with Crippen LogP contribution in [0.15, 0.2) is 66.9 Å². The van der Waals surface area contributed by atoms with Crippen LogP contribution in [0.5, 0.6) is 0 Å². The van der Waals surface area contributed by atoms with Crippen LogP contribution in [0.3, 0.4) is 0 Å². The fraction of sp³-hybridized carbons (Fsp3) is 0.231. The van der Waals surface area contributed by atoms with Crippen LogP contribution >= 0.6 is 22.6 Å². The van der Waals surface area contributed by atoms with Crippen LogP contribution in [0.2, 0.25) is 0 Å². The number of hydrogen-bond donors (Lipinski definition) is 3. The number of aromatic nitrogens is 1. The van der Waals surface area contributed by atoms with Crippen molar-refractivity contribution in [2.45, 2.75) is 23.7 Å². The van der Waals surface area contributed by atoms with Gasteiger partial charge in [-0.25, -0.2) is 4.98 Å². The number of benzene rings is 2. The van der Waals surface area contributed by atoms with Crippen LogP contribution in [-0.4, -0.2) is 40.6 Å². The maximum absolute atomic E-state index is 12.9. The molecule has 3 aromatic rings. The average Bonchev–Trinajstić information content (AvgIpc) is 2.89. The van der Waals surface area contributed by atoms with E-state index in [1.54, 1.807) is 60.8 Å². The number of anilines is 2. The number of likely N-dealkylation sites (tertiary alicyclic amines) is 1. The van der Waals surface area contributed by atoms with Crippen molar-refractivity contribution in [3.05, 3.63) is 89.1 Å². The lowest BCUT2D eigenvalue weighted by molar-refractivity contribution is 0.102. The van der Waals surface area contributed by atoms with Crippen LogP contribution < -0.4 is 10.6 Å². The number of amidine groups is 1. The first-order valence-electron chi connectivity index (χ1n) is 11.2. The predicted octanol–water partition coefficient (Wildman–Crippen LogP) is 5.33. The van der Waals surface area contributed by atoms with Gasteiger partial charge >= 0.3 is 0 Å². The topological polar surface area (TPSA) is 98.2 Å². The zero-order valence-corrected chi connectivity index (χ0v) is 20.8. The summed E-state index contributed by atoms with van der Waals surface area (Å²) in [5, 5.41) is 14.1. The van der Waals surface area contributed by atoms with Crippen LogP contribution in [0.25, 0.3) is 0 Å². The molecule has 1 fully saturated rings. The van der Waals surface area contributed by atoms with Crippen LogP contribution in [0, 0.1) is 5.41 Å². The lowest BCUT2D eigenvalue weighted by atomic mass is 10.1. The number of halogens is 1. The van der Waals surface area contributed by atoms with E-state index in [9.17, 15) is 9.59 Å². The summed E-state index contributed by atoms with van der Waals surface area (Å²) in [6, 6.07) is 17.6. The van der Waals surface area contributed by atoms with E-state index in [0.29, 0.717) is 28.5 Å². The molecule has 0 bridgehead atoms. The number of carbonyl (C=O) groups excluding carboxylic acids is 2. The van der Waals surface area contributed by atoms with Crippen LogP contribution in [0.1, 0.15) is 51.1 Å². The van der Waals surface area contributed by atoms with E-state index in [0.717, 1.165) is 41.5 Å². The molecule has 0 aliphatic carbocycles. The molecule has 1 aliphatic rings. The summed E-state index contributed by atoms with van der Waals surface area (Å²) >= 11 is 2.25. The predicted molar refractivity (Wildman–Crippen MR) is 143 cm³/mol. The molecule has 174 valence electrons. The quantitative estimate of drug-likeness (QED) is 0.162. The third kappa shape index (κ3) is 5.80. The van der Waals surface area contributed by atoms with Gasteiger partial charge in [0, 0.05) is 34.8 Å². The molecule has 0 saturated carbocycles. The van der Waals surface area contributed by atoms with Gasteiger partial charge in [0.1, 0.15) is 11.7 Å². The summed E-state index contributed by atoms with van der Waals surface area (Å²) in [7, 11) is 0. The van der Waals surface area contributed by atoms with Gasteiger partial charge in [-0.1, -0.05) is 52.9 Å². The zero-order valence-electron chi connectivity index (χ0n) is 18.7. The Morgan fingerprint density at radius 3 is 2.26 bits per heavy atom. The highest BCUT2D eigenvalue weighted by atomic mass is 127.